The zero-order valence-corrected chi connectivity index (χ0v) is 19.1. The summed E-state index contributed by atoms with van der Waals surface area (Å²) >= 11 is 6.13. The Hall–Kier alpha value is -2.36. The number of Topliss-reactive ketones (excluding diaryl/α,β-unsaturated/α-hetero) is 1. The monoisotopic (exact) mass is 485 g/mol. The molecular formula is C22H22ClF2NO5S. The van der Waals surface area contributed by atoms with E-state index in [1.807, 2.05) is 6.92 Å². The third-order valence-corrected chi connectivity index (χ3v) is 7.61. The number of carbonyl (C=O) groups is 2. The van der Waals surface area contributed by atoms with Gasteiger partial charge in [-0.1, -0.05) is 18.5 Å². The summed E-state index contributed by atoms with van der Waals surface area (Å²) in [5.74, 6) is -3.79. The van der Waals surface area contributed by atoms with Crippen molar-refractivity contribution in [1.82, 2.24) is 4.31 Å². The average molecular weight is 486 g/mol. The van der Waals surface area contributed by atoms with E-state index in [2.05, 4.69) is 0 Å². The Morgan fingerprint density at radius 1 is 1.12 bits per heavy atom. The first-order valence-electron chi connectivity index (χ1n) is 10.0. The molecule has 172 valence electrons. The SMILES string of the molecule is CC1CCCN(S(=O)(=O)c2cc(C(=O)OC(C)C(=O)c3ccc(F)c(F)c3)ccc2Cl)C1. The number of hydrogen-bond donors (Lipinski definition) is 0. The Labute approximate surface area is 190 Å². The molecule has 0 saturated carbocycles. The topological polar surface area (TPSA) is 80.8 Å². The minimum atomic E-state index is -3.93. The highest BCUT2D eigenvalue weighted by molar-refractivity contribution is 7.89. The Balaban J connectivity index is 1.80. The number of nitrogens with zero attached hydrogens (tertiary/aromatic N) is 1. The zero-order chi connectivity index (χ0) is 23.6. The molecule has 6 nitrogen and oxygen atoms in total. The van der Waals surface area contributed by atoms with Crippen molar-refractivity contribution in [2.24, 2.45) is 5.92 Å². The van der Waals surface area contributed by atoms with Gasteiger partial charge in [0, 0.05) is 18.7 Å². The van der Waals surface area contributed by atoms with Crippen LogP contribution < -0.4 is 0 Å². The van der Waals surface area contributed by atoms with E-state index < -0.39 is 39.5 Å². The lowest BCUT2D eigenvalue weighted by Crippen LogP contribution is -2.39. The molecule has 0 radical (unpaired) electrons. The van der Waals surface area contributed by atoms with Crippen molar-refractivity contribution in [2.75, 3.05) is 13.1 Å². The van der Waals surface area contributed by atoms with Crippen LogP contribution in [0.5, 0.6) is 0 Å². The number of hydrogen-bond acceptors (Lipinski definition) is 5. The van der Waals surface area contributed by atoms with Gasteiger partial charge in [0.15, 0.2) is 17.7 Å². The van der Waals surface area contributed by atoms with Crippen molar-refractivity contribution in [3.63, 3.8) is 0 Å². The van der Waals surface area contributed by atoms with Gasteiger partial charge >= 0.3 is 5.97 Å². The van der Waals surface area contributed by atoms with Crippen molar-refractivity contribution in [3.8, 4) is 0 Å². The van der Waals surface area contributed by atoms with E-state index in [4.69, 9.17) is 16.3 Å². The quantitative estimate of drug-likeness (QED) is 0.445. The third-order valence-electron chi connectivity index (χ3n) is 5.26. The largest absolute Gasteiger partial charge is 0.451 e. The summed E-state index contributed by atoms with van der Waals surface area (Å²) in [5.41, 5.74) is -0.272. The molecule has 1 saturated heterocycles. The summed E-state index contributed by atoms with van der Waals surface area (Å²) in [6.45, 7) is 3.96. The molecule has 0 bridgehead atoms. The molecule has 1 fully saturated rings. The molecule has 1 aliphatic rings. The molecule has 10 heteroatoms. The van der Waals surface area contributed by atoms with E-state index in [0.717, 1.165) is 31.0 Å². The molecule has 0 aromatic heterocycles. The summed E-state index contributed by atoms with van der Waals surface area (Å²) in [6.07, 6.45) is 0.338. The second-order valence-electron chi connectivity index (χ2n) is 7.80. The summed E-state index contributed by atoms with van der Waals surface area (Å²) in [7, 11) is -3.93. The van der Waals surface area contributed by atoms with Gasteiger partial charge in [-0.05, 0) is 62.1 Å². The summed E-state index contributed by atoms with van der Waals surface area (Å²) in [4.78, 5) is 24.8. The van der Waals surface area contributed by atoms with Crippen LogP contribution in [0.25, 0.3) is 0 Å². The molecule has 2 aromatic carbocycles. The molecule has 2 atom stereocenters. The van der Waals surface area contributed by atoms with Gasteiger partial charge in [-0.25, -0.2) is 22.0 Å². The normalized spacial score (nSPS) is 18.2. The first-order chi connectivity index (χ1) is 15.0. The number of ether oxygens (including phenoxy) is 1. The molecule has 0 amide bonds. The number of benzene rings is 2. The summed E-state index contributed by atoms with van der Waals surface area (Å²) < 4.78 is 59.1. The lowest BCUT2D eigenvalue weighted by atomic mass is 10.0. The van der Waals surface area contributed by atoms with Crippen LogP contribution in [0.15, 0.2) is 41.3 Å². The van der Waals surface area contributed by atoms with E-state index in [0.29, 0.717) is 19.2 Å². The van der Waals surface area contributed by atoms with Gasteiger partial charge in [-0.2, -0.15) is 4.31 Å². The number of ketones is 1. The standard InChI is InChI=1S/C22H22ClF2NO5S/c1-13-4-3-9-26(12-13)32(29,30)20-11-16(5-7-17(20)23)22(28)31-14(2)21(27)15-6-8-18(24)19(25)10-15/h5-8,10-11,13-14H,3-4,9,12H2,1-2H3. The van der Waals surface area contributed by atoms with E-state index in [9.17, 15) is 26.8 Å². The minimum Gasteiger partial charge on any atom is -0.451 e. The third kappa shape index (κ3) is 5.16. The zero-order valence-electron chi connectivity index (χ0n) is 17.5. The second-order valence-corrected chi connectivity index (χ2v) is 10.1. The number of piperidine rings is 1. The number of sulfonamides is 1. The molecule has 1 heterocycles. The summed E-state index contributed by atoms with van der Waals surface area (Å²) in [5, 5.41) is -0.0364. The maximum atomic E-state index is 13.4. The molecule has 2 unspecified atom stereocenters. The maximum Gasteiger partial charge on any atom is 0.338 e. The van der Waals surface area contributed by atoms with Gasteiger partial charge in [0.2, 0.25) is 15.8 Å². The lowest BCUT2D eigenvalue weighted by molar-refractivity contribution is 0.0318. The first-order valence-corrected chi connectivity index (χ1v) is 11.8. The highest BCUT2D eigenvalue weighted by Crippen LogP contribution is 2.29. The Morgan fingerprint density at radius 3 is 2.47 bits per heavy atom. The van der Waals surface area contributed by atoms with Crippen LogP contribution in [0.2, 0.25) is 5.02 Å². The number of esters is 1. The van der Waals surface area contributed by atoms with Crippen LogP contribution in [0, 0.1) is 17.6 Å². The van der Waals surface area contributed by atoms with Gasteiger partial charge in [0.1, 0.15) is 4.90 Å². The number of rotatable bonds is 6. The smallest absolute Gasteiger partial charge is 0.338 e. The van der Waals surface area contributed by atoms with Crippen molar-refractivity contribution in [3.05, 3.63) is 64.2 Å². The van der Waals surface area contributed by atoms with E-state index in [1.54, 1.807) is 0 Å². The minimum absolute atomic E-state index is 0.0364. The summed E-state index contributed by atoms with van der Waals surface area (Å²) in [6, 6.07) is 6.28. The van der Waals surface area contributed by atoms with E-state index in [-0.39, 0.29) is 27.0 Å². The van der Waals surface area contributed by atoms with E-state index in [1.165, 1.54) is 23.4 Å². The average Bonchev–Trinajstić information content (AvgIpc) is 2.75. The van der Waals surface area contributed by atoms with Crippen LogP contribution in [0.4, 0.5) is 8.78 Å². The van der Waals surface area contributed by atoms with Crippen LogP contribution in [-0.4, -0.2) is 43.7 Å². The Kier molecular flexibility index (Phi) is 7.32. The van der Waals surface area contributed by atoms with Crippen LogP contribution in [-0.2, 0) is 14.8 Å². The van der Waals surface area contributed by atoms with Crippen LogP contribution >= 0.6 is 11.6 Å². The molecule has 0 aliphatic carbocycles. The molecule has 32 heavy (non-hydrogen) atoms. The van der Waals surface area contributed by atoms with Gasteiger partial charge in [0.25, 0.3) is 0 Å². The van der Waals surface area contributed by atoms with Crippen molar-refractivity contribution in [2.45, 2.75) is 37.7 Å². The second kappa shape index (κ2) is 9.64. The fraction of sp³-hybridized carbons (Fsp3) is 0.364. The molecule has 2 aromatic rings. The Bertz CT molecular complexity index is 1160. The van der Waals surface area contributed by atoms with Crippen LogP contribution in [0.1, 0.15) is 47.4 Å². The van der Waals surface area contributed by atoms with Gasteiger partial charge in [-0.15, -0.1) is 0 Å². The van der Waals surface area contributed by atoms with Crippen molar-refractivity contribution < 1.29 is 31.5 Å². The molecule has 3 rings (SSSR count). The fourth-order valence-electron chi connectivity index (χ4n) is 3.50. The predicted molar refractivity (Wildman–Crippen MR) is 114 cm³/mol. The highest BCUT2D eigenvalue weighted by atomic mass is 35.5. The highest BCUT2D eigenvalue weighted by Gasteiger charge is 2.31. The number of carbonyl (C=O) groups excluding carboxylic acids is 2. The Morgan fingerprint density at radius 2 is 1.81 bits per heavy atom. The van der Waals surface area contributed by atoms with Crippen molar-refractivity contribution in [1.29, 1.82) is 0 Å². The predicted octanol–water partition coefficient (Wildman–Crippen LogP) is 4.47. The molecule has 0 spiro atoms. The number of halogens is 3. The van der Waals surface area contributed by atoms with Gasteiger partial charge in [-0.3, -0.25) is 4.79 Å². The molecule has 1 aliphatic heterocycles. The molecule has 0 N–H and O–H groups in total. The van der Waals surface area contributed by atoms with Crippen molar-refractivity contribution >= 4 is 33.4 Å². The van der Waals surface area contributed by atoms with Gasteiger partial charge in [0.05, 0.1) is 10.6 Å². The molecular weight excluding hydrogens is 464 g/mol. The lowest BCUT2D eigenvalue weighted by Gasteiger charge is -2.30. The first kappa shape index (κ1) is 24.3. The van der Waals surface area contributed by atoms with Gasteiger partial charge < -0.3 is 4.74 Å². The van der Waals surface area contributed by atoms with E-state index >= 15 is 0 Å². The van der Waals surface area contributed by atoms with Crippen LogP contribution in [0.3, 0.4) is 0 Å². The fourth-order valence-corrected chi connectivity index (χ4v) is 5.60. The maximum absolute atomic E-state index is 13.4.